The summed E-state index contributed by atoms with van der Waals surface area (Å²) in [4.78, 5) is 34.6. The molecule has 2 atom stereocenters. The average molecular weight is 643 g/mol. The number of nitrogens with two attached hydrogens (primary N) is 1. The van der Waals surface area contributed by atoms with Crippen LogP contribution in [0.2, 0.25) is 0 Å². The standard InChI is InChI=1S/C37H46N4O6/c1-6-13-25(7-2)22-26(8-3)24-46-37(43)47-40-34(38)30-15-11-10-14-29(30)28-20-18-27(19-21-28)23-41-33-31(35(42)44-5)16-12-17-32(33)39-36(41)45-9-4/h10-12,14-21,25-26H,6-9,13,22-24H2,1-5H3,(H2,38,40). The van der Waals surface area contributed by atoms with Gasteiger partial charge in [-0.2, -0.15) is 4.98 Å². The van der Waals surface area contributed by atoms with Gasteiger partial charge in [0.25, 0.3) is 6.01 Å². The molecule has 10 heteroatoms. The fourth-order valence-corrected chi connectivity index (χ4v) is 5.82. The maximum atomic E-state index is 12.6. The van der Waals surface area contributed by atoms with Gasteiger partial charge >= 0.3 is 12.1 Å². The third kappa shape index (κ3) is 8.90. The second-order valence-corrected chi connectivity index (χ2v) is 11.5. The van der Waals surface area contributed by atoms with E-state index >= 15 is 0 Å². The smallest absolute Gasteiger partial charge is 0.465 e. The molecule has 2 N–H and O–H groups in total. The number of oxime groups is 1. The van der Waals surface area contributed by atoms with Crippen LogP contribution in [0.25, 0.3) is 22.2 Å². The molecule has 0 fully saturated rings. The Balaban J connectivity index is 1.48. The summed E-state index contributed by atoms with van der Waals surface area (Å²) in [5.74, 6) is 0.518. The minimum atomic E-state index is -0.870. The van der Waals surface area contributed by atoms with Crippen LogP contribution < -0.4 is 10.5 Å². The molecular formula is C37H46N4O6. The van der Waals surface area contributed by atoms with Gasteiger partial charge in [0.2, 0.25) is 0 Å². The Labute approximate surface area is 276 Å². The molecule has 0 aliphatic carbocycles. The zero-order valence-electron chi connectivity index (χ0n) is 28.0. The molecule has 0 saturated heterocycles. The van der Waals surface area contributed by atoms with Crippen LogP contribution >= 0.6 is 0 Å². The van der Waals surface area contributed by atoms with Crippen molar-refractivity contribution in [2.24, 2.45) is 22.7 Å². The van der Waals surface area contributed by atoms with Crippen molar-refractivity contribution in [3.8, 4) is 17.1 Å². The van der Waals surface area contributed by atoms with Crippen LogP contribution in [0.3, 0.4) is 0 Å². The largest absolute Gasteiger partial charge is 0.535 e. The van der Waals surface area contributed by atoms with Crippen LogP contribution in [0.1, 0.15) is 81.3 Å². The highest BCUT2D eigenvalue weighted by Gasteiger charge is 2.20. The number of ether oxygens (including phenoxy) is 3. The van der Waals surface area contributed by atoms with Crippen molar-refractivity contribution in [3.63, 3.8) is 0 Å². The molecule has 0 aliphatic rings. The van der Waals surface area contributed by atoms with Crippen LogP contribution in [0.15, 0.2) is 71.9 Å². The van der Waals surface area contributed by atoms with Gasteiger partial charge < -0.3 is 19.9 Å². The number of carbonyl (C=O) groups is 2. The van der Waals surface area contributed by atoms with Crippen molar-refractivity contribution < 1.29 is 28.6 Å². The molecule has 0 saturated carbocycles. The van der Waals surface area contributed by atoms with Gasteiger partial charge in [-0.1, -0.05) is 106 Å². The normalized spacial score (nSPS) is 12.8. The molecule has 4 aromatic rings. The molecule has 3 aromatic carbocycles. The Bertz CT molecular complexity index is 1660. The maximum absolute atomic E-state index is 12.6. The number of hydrogen-bond donors (Lipinski definition) is 1. The van der Waals surface area contributed by atoms with Gasteiger partial charge in [0.1, 0.15) is 0 Å². The molecule has 0 spiro atoms. The first-order valence-corrected chi connectivity index (χ1v) is 16.4. The van der Waals surface area contributed by atoms with Gasteiger partial charge in [0.05, 0.1) is 43.5 Å². The first-order chi connectivity index (χ1) is 22.8. The summed E-state index contributed by atoms with van der Waals surface area (Å²) in [5, 5.41) is 3.90. The van der Waals surface area contributed by atoms with E-state index in [2.05, 4.69) is 30.9 Å². The van der Waals surface area contributed by atoms with Crippen LogP contribution in [0, 0.1) is 11.8 Å². The number of amidine groups is 1. The Hall–Kier alpha value is -4.86. The van der Waals surface area contributed by atoms with Crippen molar-refractivity contribution in [2.45, 2.75) is 66.3 Å². The molecule has 4 rings (SSSR count). The van der Waals surface area contributed by atoms with Crippen LogP contribution in [-0.2, 0) is 20.9 Å². The van der Waals surface area contributed by atoms with E-state index in [-0.39, 0.29) is 11.8 Å². The van der Waals surface area contributed by atoms with Crippen molar-refractivity contribution in [2.75, 3.05) is 20.3 Å². The molecule has 250 valence electrons. The number of hydrogen-bond acceptors (Lipinski definition) is 8. The second-order valence-electron chi connectivity index (χ2n) is 11.5. The highest BCUT2D eigenvalue weighted by Crippen LogP contribution is 2.29. The number of aromatic nitrogens is 2. The maximum Gasteiger partial charge on any atom is 0.535 e. The highest BCUT2D eigenvalue weighted by molar-refractivity contribution is 6.03. The lowest BCUT2D eigenvalue weighted by atomic mass is 9.88. The third-order valence-corrected chi connectivity index (χ3v) is 8.39. The topological polar surface area (TPSA) is 127 Å². The molecule has 2 unspecified atom stereocenters. The van der Waals surface area contributed by atoms with Gasteiger partial charge in [0.15, 0.2) is 5.84 Å². The minimum absolute atomic E-state index is 0.0595. The zero-order valence-corrected chi connectivity index (χ0v) is 28.0. The summed E-state index contributed by atoms with van der Waals surface area (Å²) in [6, 6.07) is 21.2. The van der Waals surface area contributed by atoms with Crippen LogP contribution in [0.5, 0.6) is 6.01 Å². The fraction of sp³-hybridized carbons (Fsp3) is 0.405. The predicted octanol–water partition coefficient (Wildman–Crippen LogP) is 7.95. The Kier molecular flexibility index (Phi) is 12.8. The molecule has 1 heterocycles. The molecular weight excluding hydrogens is 596 g/mol. The number of para-hydroxylation sites is 1. The fourth-order valence-electron chi connectivity index (χ4n) is 5.82. The van der Waals surface area contributed by atoms with Crippen molar-refractivity contribution in [3.05, 3.63) is 83.4 Å². The van der Waals surface area contributed by atoms with E-state index in [0.717, 1.165) is 42.4 Å². The quantitative estimate of drug-likeness (QED) is 0.0429. The molecule has 47 heavy (non-hydrogen) atoms. The lowest BCUT2D eigenvalue weighted by Crippen LogP contribution is -2.19. The van der Waals surface area contributed by atoms with Crippen molar-refractivity contribution in [1.29, 1.82) is 0 Å². The van der Waals surface area contributed by atoms with E-state index < -0.39 is 12.1 Å². The van der Waals surface area contributed by atoms with Crippen molar-refractivity contribution in [1.82, 2.24) is 9.55 Å². The molecule has 0 bridgehead atoms. The second kappa shape index (κ2) is 17.2. The number of rotatable bonds is 16. The molecule has 1 aromatic heterocycles. The lowest BCUT2D eigenvalue weighted by Gasteiger charge is -2.20. The van der Waals surface area contributed by atoms with E-state index in [1.807, 2.05) is 66.1 Å². The first-order valence-electron chi connectivity index (χ1n) is 16.4. The number of fused-ring (bicyclic) bond motifs is 1. The molecule has 0 aliphatic heterocycles. The van der Waals surface area contributed by atoms with Gasteiger partial charge in [-0.25, -0.2) is 9.59 Å². The minimum Gasteiger partial charge on any atom is -0.465 e. The zero-order chi connectivity index (χ0) is 33.8. The van der Waals surface area contributed by atoms with E-state index in [1.165, 1.54) is 13.5 Å². The number of carbonyl (C=O) groups excluding carboxylic acids is 2. The predicted molar refractivity (Wildman–Crippen MR) is 183 cm³/mol. The summed E-state index contributed by atoms with van der Waals surface area (Å²) in [5.41, 5.74) is 11.3. The number of imidazole rings is 1. The van der Waals surface area contributed by atoms with E-state index in [9.17, 15) is 9.59 Å². The van der Waals surface area contributed by atoms with Gasteiger partial charge in [-0.15, -0.1) is 0 Å². The molecule has 0 radical (unpaired) electrons. The SMILES string of the molecule is CCCC(CC)CC(CC)COC(=O)ON=C(N)c1ccccc1-c1ccc(Cn2c(OCC)nc3cccc(C(=O)OC)c32)cc1. The number of methoxy groups -OCH3 is 1. The van der Waals surface area contributed by atoms with Crippen LogP contribution in [-0.4, -0.2) is 47.8 Å². The summed E-state index contributed by atoms with van der Waals surface area (Å²) in [7, 11) is 1.36. The van der Waals surface area contributed by atoms with Gasteiger partial charge in [-0.05, 0) is 54.0 Å². The van der Waals surface area contributed by atoms with E-state index in [4.69, 9.17) is 24.8 Å². The van der Waals surface area contributed by atoms with Gasteiger partial charge in [-0.3, -0.25) is 9.40 Å². The van der Waals surface area contributed by atoms with Crippen LogP contribution in [0.4, 0.5) is 4.79 Å². The van der Waals surface area contributed by atoms with E-state index in [0.29, 0.717) is 53.8 Å². The monoisotopic (exact) mass is 642 g/mol. The lowest BCUT2D eigenvalue weighted by molar-refractivity contribution is 0.0421. The average Bonchev–Trinajstić information content (AvgIpc) is 3.45. The first kappa shape index (κ1) is 35.0. The molecule has 10 nitrogen and oxygen atoms in total. The summed E-state index contributed by atoms with van der Waals surface area (Å²) in [6.45, 7) is 9.53. The Morgan fingerprint density at radius 2 is 1.64 bits per heavy atom. The summed E-state index contributed by atoms with van der Waals surface area (Å²) in [6.07, 6.45) is 4.51. The number of esters is 1. The summed E-state index contributed by atoms with van der Waals surface area (Å²) < 4.78 is 18.1. The van der Waals surface area contributed by atoms with Gasteiger partial charge in [0, 0.05) is 5.56 Å². The highest BCUT2D eigenvalue weighted by atomic mass is 16.8. The third-order valence-electron chi connectivity index (χ3n) is 8.39. The Morgan fingerprint density at radius 3 is 2.32 bits per heavy atom. The van der Waals surface area contributed by atoms with E-state index in [1.54, 1.807) is 12.1 Å². The number of nitrogens with zero attached hydrogens (tertiary/aromatic N) is 3. The van der Waals surface area contributed by atoms with Crippen molar-refractivity contribution >= 4 is 29.0 Å². The number of benzene rings is 3. The molecule has 0 amide bonds. The summed E-state index contributed by atoms with van der Waals surface area (Å²) >= 11 is 0. The Morgan fingerprint density at radius 1 is 0.915 bits per heavy atom.